The molecule has 0 aliphatic carbocycles. The average Bonchev–Trinajstić information content (AvgIpc) is 2.79. The zero-order valence-electron chi connectivity index (χ0n) is 12.8. The van der Waals surface area contributed by atoms with Crippen LogP contribution in [0.5, 0.6) is 0 Å². The Bertz CT molecular complexity index is 711. The van der Waals surface area contributed by atoms with Gasteiger partial charge >= 0.3 is 0 Å². The monoisotopic (exact) mass is 306 g/mol. The zero-order valence-corrected chi connectivity index (χ0v) is 13.6. The smallest absolute Gasteiger partial charge is 0.261 e. The first kappa shape index (κ1) is 15.7. The van der Waals surface area contributed by atoms with Gasteiger partial charge in [-0.2, -0.15) is 5.10 Å². The molecule has 0 aliphatic rings. The van der Waals surface area contributed by atoms with Crippen LogP contribution in [0.2, 0.25) is 0 Å². The van der Waals surface area contributed by atoms with Gasteiger partial charge < -0.3 is 9.13 Å². The van der Waals surface area contributed by atoms with Crippen LogP contribution >= 0.6 is 12.2 Å². The van der Waals surface area contributed by atoms with Crippen molar-refractivity contribution in [2.24, 2.45) is 5.92 Å². The predicted molar refractivity (Wildman–Crippen MR) is 86.9 cm³/mol. The number of hydrogen-bond donors (Lipinski definition) is 1. The molecule has 0 fully saturated rings. The molecule has 2 heterocycles. The molecule has 0 radical (unpaired) electrons. The summed E-state index contributed by atoms with van der Waals surface area (Å²) in [6.07, 6.45) is 3.90. The third kappa shape index (κ3) is 3.50. The Labute approximate surface area is 129 Å². The number of hydrogen-bond acceptors (Lipinski definition) is 3. The number of pyridine rings is 1. The van der Waals surface area contributed by atoms with Crippen molar-refractivity contribution in [1.82, 2.24) is 19.3 Å². The molecule has 0 spiro atoms. The lowest BCUT2D eigenvalue weighted by molar-refractivity contribution is 0.511. The summed E-state index contributed by atoms with van der Waals surface area (Å²) in [5.41, 5.74) is 0.583. The van der Waals surface area contributed by atoms with Gasteiger partial charge in [-0.25, -0.2) is 0 Å². The summed E-state index contributed by atoms with van der Waals surface area (Å²) in [7, 11) is 0. The van der Waals surface area contributed by atoms with E-state index >= 15 is 0 Å². The van der Waals surface area contributed by atoms with Gasteiger partial charge in [-0.15, -0.1) is 0 Å². The minimum absolute atomic E-state index is 0.0158. The van der Waals surface area contributed by atoms with Crippen molar-refractivity contribution in [3.05, 3.63) is 33.5 Å². The van der Waals surface area contributed by atoms with Gasteiger partial charge in [0.25, 0.3) is 5.56 Å². The second kappa shape index (κ2) is 6.85. The molecule has 2 aromatic rings. The van der Waals surface area contributed by atoms with E-state index in [0.29, 0.717) is 28.6 Å². The van der Waals surface area contributed by atoms with Gasteiger partial charge in [0, 0.05) is 19.3 Å². The normalized spacial score (nSPS) is 11.2. The summed E-state index contributed by atoms with van der Waals surface area (Å²) in [6.45, 7) is 7.79. The molecular weight excluding hydrogens is 284 g/mol. The standard InChI is InChI=1S/C15H22N4OS/c1-4-5-9-19-13(16-17-15(19)21)12-7-6-8-18(14(12)20)10-11(2)3/h6-8,11H,4-5,9-10H2,1-3H3,(H,17,21). The minimum Gasteiger partial charge on any atom is -0.315 e. The van der Waals surface area contributed by atoms with Crippen molar-refractivity contribution in [3.63, 3.8) is 0 Å². The molecule has 0 bridgehead atoms. The summed E-state index contributed by atoms with van der Waals surface area (Å²) < 4.78 is 4.22. The molecule has 2 aromatic heterocycles. The molecule has 0 aromatic carbocycles. The molecule has 0 saturated heterocycles. The van der Waals surface area contributed by atoms with Crippen LogP contribution in [0.25, 0.3) is 11.4 Å². The Hall–Kier alpha value is -1.69. The maximum absolute atomic E-state index is 12.6. The van der Waals surface area contributed by atoms with E-state index in [4.69, 9.17) is 12.2 Å². The highest BCUT2D eigenvalue weighted by Crippen LogP contribution is 2.14. The van der Waals surface area contributed by atoms with Crippen LogP contribution in [0.1, 0.15) is 33.6 Å². The van der Waals surface area contributed by atoms with Gasteiger partial charge in [0.2, 0.25) is 0 Å². The first-order valence-electron chi connectivity index (χ1n) is 7.39. The van der Waals surface area contributed by atoms with Crippen LogP contribution in [0.4, 0.5) is 0 Å². The molecule has 114 valence electrons. The van der Waals surface area contributed by atoms with Gasteiger partial charge in [0.05, 0.1) is 5.56 Å². The highest BCUT2D eigenvalue weighted by Gasteiger charge is 2.13. The molecule has 0 aliphatic heterocycles. The molecular formula is C15H22N4OS. The zero-order chi connectivity index (χ0) is 15.4. The number of nitrogens with zero attached hydrogens (tertiary/aromatic N) is 3. The Balaban J connectivity index is 2.48. The van der Waals surface area contributed by atoms with Crippen molar-refractivity contribution >= 4 is 12.2 Å². The van der Waals surface area contributed by atoms with Crippen LogP contribution in [-0.2, 0) is 13.1 Å². The Morgan fingerprint density at radius 3 is 2.86 bits per heavy atom. The molecule has 0 saturated carbocycles. The second-order valence-electron chi connectivity index (χ2n) is 5.63. The first-order chi connectivity index (χ1) is 10.0. The summed E-state index contributed by atoms with van der Waals surface area (Å²) >= 11 is 5.27. The van der Waals surface area contributed by atoms with Crippen molar-refractivity contribution in [2.45, 2.75) is 46.7 Å². The highest BCUT2D eigenvalue weighted by atomic mass is 32.1. The predicted octanol–water partition coefficient (Wildman–Crippen LogP) is 3.23. The SMILES string of the molecule is CCCCn1c(-c2cccn(CC(C)C)c2=O)n[nH]c1=S. The lowest BCUT2D eigenvalue weighted by Gasteiger charge is -2.11. The maximum Gasteiger partial charge on any atom is 0.261 e. The minimum atomic E-state index is -0.0158. The van der Waals surface area contributed by atoms with Crippen LogP contribution in [0.3, 0.4) is 0 Å². The van der Waals surface area contributed by atoms with E-state index in [1.54, 1.807) is 4.57 Å². The van der Waals surface area contributed by atoms with Gasteiger partial charge in [-0.1, -0.05) is 27.2 Å². The summed E-state index contributed by atoms with van der Waals surface area (Å²) in [6, 6.07) is 3.70. The van der Waals surface area contributed by atoms with E-state index in [2.05, 4.69) is 31.0 Å². The largest absolute Gasteiger partial charge is 0.315 e. The van der Waals surface area contributed by atoms with Crippen molar-refractivity contribution in [1.29, 1.82) is 0 Å². The van der Waals surface area contributed by atoms with Crippen LogP contribution in [0.15, 0.2) is 23.1 Å². The lowest BCUT2D eigenvalue weighted by Crippen LogP contribution is -2.24. The Kier molecular flexibility index (Phi) is 5.12. The van der Waals surface area contributed by atoms with Crippen LogP contribution < -0.4 is 5.56 Å². The van der Waals surface area contributed by atoms with E-state index in [0.717, 1.165) is 19.4 Å². The molecule has 0 atom stereocenters. The summed E-state index contributed by atoms with van der Waals surface area (Å²) in [4.78, 5) is 12.6. The number of rotatable bonds is 6. The van der Waals surface area contributed by atoms with Gasteiger partial charge in [0.1, 0.15) is 0 Å². The van der Waals surface area contributed by atoms with E-state index in [9.17, 15) is 4.79 Å². The fourth-order valence-electron chi connectivity index (χ4n) is 2.29. The van der Waals surface area contributed by atoms with Gasteiger partial charge in [-0.3, -0.25) is 9.89 Å². The molecule has 0 amide bonds. The molecule has 2 rings (SSSR count). The van der Waals surface area contributed by atoms with Gasteiger partial charge in [-0.05, 0) is 36.7 Å². The second-order valence-corrected chi connectivity index (χ2v) is 6.02. The third-order valence-electron chi connectivity index (χ3n) is 3.32. The highest BCUT2D eigenvalue weighted by molar-refractivity contribution is 7.71. The molecule has 1 N–H and O–H groups in total. The van der Waals surface area contributed by atoms with Gasteiger partial charge in [0.15, 0.2) is 10.6 Å². The average molecular weight is 306 g/mol. The number of unbranched alkanes of at least 4 members (excludes halogenated alkanes) is 1. The molecule has 0 unspecified atom stereocenters. The Morgan fingerprint density at radius 2 is 2.19 bits per heavy atom. The topological polar surface area (TPSA) is 55.6 Å². The number of aromatic amines is 1. The van der Waals surface area contributed by atoms with Crippen molar-refractivity contribution in [2.75, 3.05) is 0 Å². The van der Waals surface area contributed by atoms with Crippen LogP contribution in [-0.4, -0.2) is 19.3 Å². The lowest BCUT2D eigenvalue weighted by atomic mass is 10.2. The van der Waals surface area contributed by atoms with Crippen molar-refractivity contribution < 1.29 is 0 Å². The quantitative estimate of drug-likeness (QED) is 0.834. The number of aromatic nitrogens is 4. The molecule has 5 nitrogen and oxygen atoms in total. The number of nitrogens with one attached hydrogen (secondary N) is 1. The van der Waals surface area contributed by atoms with E-state index < -0.39 is 0 Å². The van der Waals surface area contributed by atoms with Crippen LogP contribution in [0, 0.1) is 10.7 Å². The van der Waals surface area contributed by atoms with E-state index in [1.807, 2.05) is 22.9 Å². The Morgan fingerprint density at radius 1 is 1.43 bits per heavy atom. The van der Waals surface area contributed by atoms with Crippen molar-refractivity contribution in [3.8, 4) is 11.4 Å². The fourth-order valence-corrected chi connectivity index (χ4v) is 2.51. The van der Waals surface area contributed by atoms with E-state index in [1.165, 1.54) is 0 Å². The van der Waals surface area contributed by atoms with E-state index in [-0.39, 0.29) is 5.56 Å². The fraction of sp³-hybridized carbons (Fsp3) is 0.533. The maximum atomic E-state index is 12.6. The number of H-pyrrole nitrogens is 1. The first-order valence-corrected chi connectivity index (χ1v) is 7.80. The molecule has 21 heavy (non-hydrogen) atoms. The third-order valence-corrected chi connectivity index (χ3v) is 3.63. The molecule has 6 heteroatoms. The summed E-state index contributed by atoms with van der Waals surface area (Å²) in [5.74, 6) is 1.05. The summed E-state index contributed by atoms with van der Waals surface area (Å²) in [5, 5.41) is 7.05.